The van der Waals surface area contributed by atoms with Crippen LogP contribution in [0.15, 0.2) is 77.7 Å². The van der Waals surface area contributed by atoms with Gasteiger partial charge in [-0.25, -0.2) is 4.79 Å². The van der Waals surface area contributed by atoms with Crippen molar-refractivity contribution in [3.05, 3.63) is 89.5 Å². The number of hydrogen-bond donors (Lipinski definition) is 1. The first-order valence-electron chi connectivity index (χ1n) is 14.8. The number of alkyl carbamates (subject to hydrolysis) is 1. The molecule has 1 amide bonds. The Morgan fingerprint density at radius 2 is 1.18 bits per heavy atom. The molecule has 11 heteroatoms. The topological polar surface area (TPSA) is 119 Å². The molecule has 0 aliphatic heterocycles. The van der Waals surface area contributed by atoms with Crippen LogP contribution in [0.3, 0.4) is 0 Å². The fourth-order valence-corrected chi connectivity index (χ4v) is 5.64. The Morgan fingerprint density at radius 3 is 1.75 bits per heavy atom. The monoisotopic (exact) mass is 627 g/mol. The SMILES string of the molecule is Cc1ccc(S(=O)(=O)OCCOCCOCCOCCOCCCNC(=O)OCC2c3ccccc3-c3ccccc32)cc1. The fraction of sp³-hybridized carbons (Fsp3) is 0.424. The van der Waals surface area contributed by atoms with Crippen molar-refractivity contribution in [2.75, 3.05) is 72.6 Å². The second kappa shape index (κ2) is 17.8. The maximum atomic E-state index is 12.2. The molecular formula is C33H41NO9S. The highest BCUT2D eigenvalue weighted by Gasteiger charge is 2.28. The fourth-order valence-electron chi connectivity index (χ4n) is 4.75. The van der Waals surface area contributed by atoms with Gasteiger partial charge in [0, 0.05) is 19.1 Å². The molecule has 0 fully saturated rings. The van der Waals surface area contributed by atoms with Crippen LogP contribution < -0.4 is 5.32 Å². The summed E-state index contributed by atoms with van der Waals surface area (Å²) in [5.74, 6) is 0.0402. The van der Waals surface area contributed by atoms with E-state index in [1.54, 1.807) is 12.1 Å². The Labute approximate surface area is 259 Å². The molecule has 0 spiro atoms. The van der Waals surface area contributed by atoms with Crippen molar-refractivity contribution < 1.29 is 41.1 Å². The van der Waals surface area contributed by atoms with Crippen molar-refractivity contribution in [1.29, 1.82) is 0 Å². The summed E-state index contributed by atoms with van der Waals surface area (Å²) < 4.78 is 56.5. The van der Waals surface area contributed by atoms with Crippen molar-refractivity contribution in [1.82, 2.24) is 5.32 Å². The van der Waals surface area contributed by atoms with Gasteiger partial charge in [-0.1, -0.05) is 66.2 Å². The Morgan fingerprint density at radius 1 is 0.682 bits per heavy atom. The van der Waals surface area contributed by atoms with Gasteiger partial charge in [-0.15, -0.1) is 0 Å². The molecule has 1 aliphatic carbocycles. The van der Waals surface area contributed by atoms with Crippen molar-refractivity contribution in [2.24, 2.45) is 0 Å². The molecule has 1 N–H and O–H groups in total. The van der Waals surface area contributed by atoms with E-state index in [4.69, 9.17) is 27.9 Å². The van der Waals surface area contributed by atoms with E-state index in [-0.39, 0.29) is 24.0 Å². The maximum Gasteiger partial charge on any atom is 0.407 e. The number of fused-ring (bicyclic) bond motifs is 3. The van der Waals surface area contributed by atoms with E-state index in [9.17, 15) is 13.2 Å². The van der Waals surface area contributed by atoms with Crippen LogP contribution in [0, 0.1) is 6.92 Å². The standard InChI is InChI=1S/C33H41NO9S/c1-26-11-13-27(14-12-26)44(36,37)43-24-23-41-22-21-40-20-19-39-18-17-38-16-6-15-34-33(35)42-25-32-30-9-4-2-7-28(30)29-8-3-5-10-31(29)32/h2-5,7-14,32H,6,15-25H2,1H3,(H,34,35). The average molecular weight is 628 g/mol. The van der Waals surface area contributed by atoms with Crippen molar-refractivity contribution in [3.8, 4) is 11.1 Å². The molecule has 238 valence electrons. The van der Waals surface area contributed by atoms with E-state index in [1.165, 1.54) is 34.4 Å². The highest BCUT2D eigenvalue weighted by atomic mass is 32.2. The minimum atomic E-state index is -3.78. The summed E-state index contributed by atoms with van der Waals surface area (Å²) in [4.78, 5) is 12.3. The lowest BCUT2D eigenvalue weighted by Gasteiger charge is -2.14. The highest BCUT2D eigenvalue weighted by Crippen LogP contribution is 2.44. The molecule has 3 aromatic carbocycles. The molecule has 0 saturated heterocycles. The minimum Gasteiger partial charge on any atom is -0.449 e. The van der Waals surface area contributed by atoms with Crippen LogP contribution in [0.25, 0.3) is 11.1 Å². The molecule has 0 radical (unpaired) electrons. The average Bonchev–Trinajstić information content (AvgIpc) is 3.35. The maximum absolute atomic E-state index is 12.2. The lowest BCUT2D eigenvalue weighted by Crippen LogP contribution is -2.27. The summed E-state index contributed by atoms with van der Waals surface area (Å²) in [7, 11) is -3.78. The third-order valence-corrected chi connectivity index (χ3v) is 8.30. The van der Waals surface area contributed by atoms with Gasteiger partial charge in [-0.05, 0) is 47.7 Å². The van der Waals surface area contributed by atoms with E-state index in [0.29, 0.717) is 65.8 Å². The van der Waals surface area contributed by atoms with Crippen LogP contribution in [0.5, 0.6) is 0 Å². The Bertz CT molecular complexity index is 1370. The van der Waals surface area contributed by atoms with E-state index in [1.807, 2.05) is 31.2 Å². The molecule has 4 rings (SSSR count). The van der Waals surface area contributed by atoms with E-state index in [2.05, 4.69) is 29.6 Å². The number of carbonyl (C=O) groups is 1. The van der Waals surface area contributed by atoms with Crippen molar-refractivity contribution in [3.63, 3.8) is 0 Å². The molecule has 3 aromatic rings. The summed E-state index contributed by atoms with van der Waals surface area (Å²) in [5.41, 5.74) is 5.74. The molecule has 0 bridgehead atoms. The van der Waals surface area contributed by atoms with Gasteiger partial charge in [-0.2, -0.15) is 8.42 Å². The number of benzene rings is 3. The van der Waals surface area contributed by atoms with Crippen LogP contribution >= 0.6 is 0 Å². The Balaban J connectivity index is 0.917. The summed E-state index contributed by atoms with van der Waals surface area (Å²) in [6, 6.07) is 23.0. The number of aryl methyl sites for hydroxylation is 1. The van der Waals surface area contributed by atoms with Crippen LogP contribution in [-0.2, 0) is 38.0 Å². The van der Waals surface area contributed by atoms with Crippen LogP contribution in [0.4, 0.5) is 4.79 Å². The number of ether oxygens (including phenoxy) is 5. The third kappa shape index (κ3) is 10.4. The second-order valence-electron chi connectivity index (χ2n) is 10.1. The molecule has 0 aromatic heterocycles. The zero-order valence-electron chi connectivity index (χ0n) is 25.1. The zero-order chi connectivity index (χ0) is 31.0. The van der Waals surface area contributed by atoms with Crippen molar-refractivity contribution >= 4 is 16.2 Å². The molecule has 44 heavy (non-hydrogen) atoms. The summed E-state index contributed by atoms with van der Waals surface area (Å²) in [6.45, 7) is 5.60. The first kappa shape index (κ1) is 33.6. The van der Waals surface area contributed by atoms with Crippen molar-refractivity contribution in [2.45, 2.75) is 24.2 Å². The Hall–Kier alpha value is -3.32. The summed E-state index contributed by atoms with van der Waals surface area (Å²) in [6.07, 6.45) is 0.232. The number of carbonyl (C=O) groups excluding carboxylic acids is 1. The van der Waals surface area contributed by atoms with Gasteiger partial charge < -0.3 is 29.0 Å². The molecule has 1 aliphatic rings. The van der Waals surface area contributed by atoms with E-state index < -0.39 is 16.2 Å². The first-order valence-corrected chi connectivity index (χ1v) is 16.2. The third-order valence-electron chi connectivity index (χ3n) is 6.97. The van der Waals surface area contributed by atoms with Gasteiger partial charge in [-0.3, -0.25) is 4.18 Å². The predicted octanol–water partition coefficient (Wildman–Crippen LogP) is 4.70. The smallest absolute Gasteiger partial charge is 0.407 e. The van der Waals surface area contributed by atoms with Gasteiger partial charge >= 0.3 is 6.09 Å². The van der Waals surface area contributed by atoms with Crippen LogP contribution in [0.1, 0.15) is 29.0 Å². The van der Waals surface area contributed by atoms with Gasteiger partial charge in [0.05, 0.1) is 57.8 Å². The molecule has 0 saturated carbocycles. The second-order valence-corrected chi connectivity index (χ2v) is 11.8. The molecule has 0 unspecified atom stereocenters. The first-order chi connectivity index (χ1) is 21.5. The zero-order valence-corrected chi connectivity index (χ0v) is 25.9. The summed E-state index contributed by atoms with van der Waals surface area (Å²) in [5, 5.41) is 2.78. The molecule has 0 atom stereocenters. The van der Waals surface area contributed by atoms with E-state index >= 15 is 0 Å². The van der Waals surface area contributed by atoms with Crippen LogP contribution in [-0.4, -0.2) is 87.1 Å². The lowest BCUT2D eigenvalue weighted by molar-refractivity contribution is -0.00453. The lowest BCUT2D eigenvalue weighted by atomic mass is 9.98. The molecular weight excluding hydrogens is 586 g/mol. The summed E-state index contributed by atoms with van der Waals surface area (Å²) >= 11 is 0. The number of amides is 1. The normalized spacial score (nSPS) is 12.6. The van der Waals surface area contributed by atoms with Gasteiger partial charge in [0.25, 0.3) is 10.1 Å². The Kier molecular flexibility index (Phi) is 13.6. The molecule has 0 heterocycles. The minimum absolute atomic E-state index is 0.0402. The largest absolute Gasteiger partial charge is 0.449 e. The van der Waals surface area contributed by atoms with Gasteiger partial charge in [0.15, 0.2) is 0 Å². The van der Waals surface area contributed by atoms with Gasteiger partial charge in [0.2, 0.25) is 0 Å². The van der Waals surface area contributed by atoms with Crippen LogP contribution in [0.2, 0.25) is 0 Å². The predicted molar refractivity (Wildman–Crippen MR) is 165 cm³/mol. The number of hydrogen-bond acceptors (Lipinski definition) is 9. The highest BCUT2D eigenvalue weighted by molar-refractivity contribution is 7.86. The van der Waals surface area contributed by atoms with E-state index in [0.717, 1.165) is 5.56 Å². The molecule has 10 nitrogen and oxygen atoms in total. The quantitative estimate of drug-likeness (QED) is 0.141. The number of nitrogens with one attached hydrogen (secondary N) is 1. The van der Waals surface area contributed by atoms with Gasteiger partial charge in [0.1, 0.15) is 6.61 Å². The number of rotatable bonds is 20.